The van der Waals surface area contributed by atoms with Crippen LogP contribution in [0, 0.1) is 6.92 Å². The van der Waals surface area contributed by atoms with Gasteiger partial charge >= 0.3 is 5.97 Å². The van der Waals surface area contributed by atoms with E-state index in [1.54, 1.807) is 25.2 Å². The molecule has 104 valence electrons. The summed E-state index contributed by atoms with van der Waals surface area (Å²) in [6.45, 7) is 1.88. The Hall–Kier alpha value is -1.75. The molecule has 0 bridgehead atoms. The Balaban J connectivity index is 2.44. The van der Waals surface area contributed by atoms with Crippen LogP contribution in [0.15, 0.2) is 18.2 Å². The molecule has 1 amide bonds. The van der Waals surface area contributed by atoms with E-state index in [1.165, 1.54) is 4.90 Å². The van der Waals surface area contributed by atoms with E-state index in [-0.39, 0.29) is 25.5 Å². The molecule has 1 N–H and O–H groups in total. The molecule has 1 aromatic rings. The lowest BCUT2D eigenvalue weighted by atomic mass is 10.2. The van der Waals surface area contributed by atoms with Gasteiger partial charge in [0.25, 0.3) is 5.91 Å². The maximum absolute atomic E-state index is 11.7. The lowest BCUT2D eigenvalue weighted by Gasteiger charge is -2.16. The number of likely N-dealkylation sites (N-methyl/N-ethyl adjacent to an activating group) is 1. The molecular weight excluding hydrogens is 270 g/mol. The first-order valence-electron chi connectivity index (χ1n) is 5.75. The standard InChI is InChI=1S/C13H16ClNO4/c1-9-7-10(3-4-11(9)14)19-8-12(16)15(2)6-5-13(17)18/h3-4,7H,5-6,8H2,1-2H3,(H,17,18). The van der Waals surface area contributed by atoms with Crippen molar-refractivity contribution in [1.82, 2.24) is 4.90 Å². The van der Waals surface area contributed by atoms with Crippen molar-refractivity contribution >= 4 is 23.5 Å². The molecular formula is C13H16ClNO4. The second-order valence-electron chi connectivity index (χ2n) is 4.16. The highest BCUT2D eigenvalue weighted by atomic mass is 35.5. The number of carbonyl (C=O) groups excluding carboxylic acids is 1. The van der Waals surface area contributed by atoms with Crippen LogP contribution in [-0.2, 0) is 9.59 Å². The van der Waals surface area contributed by atoms with Crippen molar-refractivity contribution in [2.75, 3.05) is 20.2 Å². The van der Waals surface area contributed by atoms with Gasteiger partial charge in [-0.15, -0.1) is 0 Å². The SMILES string of the molecule is Cc1cc(OCC(=O)N(C)CCC(=O)O)ccc1Cl. The zero-order valence-electron chi connectivity index (χ0n) is 10.9. The number of carbonyl (C=O) groups is 2. The zero-order chi connectivity index (χ0) is 14.4. The Morgan fingerprint density at radius 1 is 1.42 bits per heavy atom. The molecule has 0 spiro atoms. The van der Waals surface area contributed by atoms with Crippen LogP contribution in [0.2, 0.25) is 5.02 Å². The number of hydrogen-bond acceptors (Lipinski definition) is 3. The molecule has 0 aliphatic heterocycles. The third-order valence-corrected chi connectivity index (χ3v) is 3.00. The van der Waals surface area contributed by atoms with E-state index in [4.69, 9.17) is 21.4 Å². The van der Waals surface area contributed by atoms with Gasteiger partial charge in [0.05, 0.1) is 6.42 Å². The van der Waals surface area contributed by atoms with Crippen molar-refractivity contribution in [1.29, 1.82) is 0 Å². The van der Waals surface area contributed by atoms with Crippen molar-refractivity contribution in [3.05, 3.63) is 28.8 Å². The van der Waals surface area contributed by atoms with Crippen LogP contribution >= 0.6 is 11.6 Å². The molecule has 19 heavy (non-hydrogen) atoms. The second kappa shape index (κ2) is 6.99. The largest absolute Gasteiger partial charge is 0.484 e. The normalized spacial score (nSPS) is 10.1. The average molecular weight is 286 g/mol. The Labute approximate surface area is 116 Å². The molecule has 1 rings (SSSR count). The first kappa shape index (κ1) is 15.3. The number of halogens is 1. The summed E-state index contributed by atoms with van der Waals surface area (Å²) in [5, 5.41) is 9.16. The van der Waals surface area contributed by atoms with E-state index in [0.29, 0.717) is 10.8 Å². The van der Waals surface area contributed by atoms with E-state index < -0.39 is 5.97 Å². The molecule has 0 saturated heterocycles. The molecule has 0 unspecified atom stereocenters. The highest BCUT2D eigenvalue weighted by Crippen LogP contribution is 2.20. The number of carboxylic acid groups (broad SMARTS) is 1. The first-order valence-corrected chi connectivity index (χ1v) is 6.12. The summed E-state index contributed by atoms with van der Waals surface area (Å²) in [5.41, 5.74) is 0.867. The number of aryl methyl sites for hydroxylation is 1. The van der Waals surface area contributed by atoms with Crippen LogP contribution in [0.3, 0.4) is 0 Å². The number of carboxylic acids is 1. The fourth-order valence-corrected chi connectivity index (χ4v) is 1.47. The topological polar surface area (TPSA) is 66.8 Å². The van der Waals surface area contributed by atoms with Crippen LogP contribution in [0.4, 0.5) is 0 Å². The predicted octanol–water partition coefficient (Wildman–Crippen LogP) is 1.96. The van der Waals surface area contributed by atoms with Gasteiger partial charge in [0, 0.05) is 18.6 Å². The van der Waals surface area contributed by atoms with E-state index in [1.807, 2.05) is 6.92 Å². The van der Waals surface area contributed by atoms with Gasteiger partial charge in [-0.05, 0) is 30.7 Å². The van der Waals surface area contributed by atoms with Crippen LogP contribution in [0.1, 0.15) is 12.0 Å². The number of hydrogen-bond donors (Lipinski definition) is 1. The van der Waals surface area contributed by atoms with Crippen molar-refractivity contribution in [3.63, 3.8) is 0 Å². The quantitative estimate of drug-likeness (QED) is 0.868. The summed E-state index contributed by atoms with van der Waals surface area (Å²) in [6.07, 6.45) is -0.0811. The lowest BCUT2D eigenvalue weighted by molar-refractivity contribution is -0.138. The van der Waals surface area contributed by atoms with Crippen LogP contribution in [0.5, 0.6) is 5.75 Å². The molecule has 0 radical (unpaired) electrons. The van der Waals surface area contributed by atoms with Crippen LogP contribution < -0.4 is 4.74 Å². The number of aliphatic carboxylic acids is 1. The minimum atomic E-state index is -0.936. The molecule has 0 saturated carbocycles. The fourth-order valence-electron chi connectivity index (χ4n) is 1.35. The highest BCUT2D eigenvalue weighted by Gasteiger charge is 2.11. The van der Waals surface area contributed by atoms with Gasteiger partial charge in [0.15, 0.2) is 6.61 Å². The number of amides is 1. The summed E-state index contributed by atoms with van der Waals surface area (Å²) in [7, 11) is 1.54. The molecule has 0 heterocycles. The summed E-state index contributed by atoms with van der Waals surface area (Å²) >= 11 is 5.88. The van der Waals surface area contributed by atoms with Gasteiger partial charge in [-0.25, -0.2) is 0 Å². The van der Waals surface area contributed by atoms with Gasteiger partial charge < -0.3 is 14.7 Å². The second-order valence-corrected chi connectivity index (χ2v) is 4.57. The number of nitrogens with zero attached hydrogens (tertiary/aromatic N) is 1. The van der Waals surface area contributed by atoms with Gasteiger partial charge in [0.2, 0.25) is 0 Å². The third-order valence-electron chi connectivity index (χ3n) is 2.58. The van der Waals surface area contributed by atoms with Gasteiger partial charge in [0.1, 0.15) is 5.75 Å². The Morgan fingerprint density at radius 3 is 2.68 bits per heavy atom. The van der Waals surface area contributed by atoms with Crippen molar-refractivity contribution in [2.24, 2.45) is 0 Å². The van der Waals surface area contributed by atoms with Gasteiger partial charge in [-0.1, -0.05) is 11.6 Å². The highest BCUT2D eigenvalue weighted by molar-refractivity contribution is 6.31. The number of benzene rings is 1. The molecule has 1 aromatic carbocycles. The minimum absolute atomic E-state index is 0.0811. The minimum Gasteiger partial charge on any atom is -0.484 e. The lowest BCUT2D eigenvalue weighted by Crippen LogP contribution is -2.33. The molecule has 0 aromatic heterocycles. The Morgan fingerprint density at radius 2 is 2.11 bits per heavy atom. The molecule has 0 atom stereocenters. The zero-order valence-corrected chi connectivity index (χ0v) is 11.6. The van der Waals surface area contributed by atoms with Crippen molar-refractivity contribution in [2.45, 2.75) is 13.3 Å². The van der Waals surface area contributed by atoms with Crippen molar-refractivity contribution < 1.29 is 19.4 Å². The third kappa shape index (κ3) is 5.18. The van der Waals surface area contributed by atoms with E-state index in [0.717, 1.165) is 5.56 Å². The average Bonchev–Trinajstić information content (AvgIpc) is 2.36. The van der Waals surface area contributed by atoms with Crippen LogP contribution in [0.25, 0.3) is 0 Å². The summed E-state index contributed by atoms with van der Waals surface area (Å²) in [6, 6.07) is 5.12. The Kier molecular flexibility index (Phi) is 5.63. The smallest absolute Gasteiger partial charge is 0.305 e. The maximum Gasteiger partial charge on any atom is 0.305 e. The van der Waals surface area contributed by atoms with Gasteiger partial charge in [-0.3, -0.25) is 9.59 Å². The van der Waals surface area contributed by atoms with E-state index >= 15 is 0 Å². The number of ether oxygens (including phenoxy) is 1. The fraction of sp³-hybridized carbons (Fsp3) is 0.385. The number of rotatable bonds is 6. The summed E-state index contributed by atoms with van der Waals surface area (Å²) in [4.78, 5) is 23.4. The summed E-state index contributed by atoms with van der Waals surface area (Å²) in [5.74, 6) is -0.648. The molecule has 6 heteroatoms. The van der Waals surface area contributed by atoms with Crippen LogP contribution in [-0.4, -0.2) is 42.1 Å². The predicted molar refractivity (Wildman–Crippen MR) is 71.6 cm³/mol. The Bertz CT molecular complexity index is 476. The molecule has 0 aliphatic rings. The first-order chi connectivity index (χ1) is 8.90. The van der Waals surface area contributed by atoms with E-state index in [9.17, 15) is 9.59 Å². The monoisotopic (exact) mass is 285 g/mol. The summed E-state index contributed by atoms with van der Waals surface area (Å²) < 4.78 is 5.33. The maximum atomic E-state index is 11.7. The van der Waals surface area contributed by atoms with Gasteiger partial charge in [-0.2, -0.15) is 0 Å². The molecule has 0 fully saturated rings. The molecule has 5 nitrogen and oxygen atoms in total. The van der Waals surface area contributed by atoms with Crippen molar-refractivity contribution in [3.8, 4) is 5.75 Å². The van der Waals surface area contributed by atoms with E-state index in [2.05, 4.69) is 0 Å². The molecule has 0 aliphatic carbocycles.